The molecule has 1 heterocycles. The normalized spacial score (nSPS) is 15.3. The predicted octanol–water partition coefficient (Wildman–Crippen LogP) is 2.18. The van der Waals surface area contributed by atoms with Crippen molar-refractivity contribution in [3.8, 4) is 0 Å². The van der Waals surface area contributed by atoms with Gasteiger partial charge in [-0.05, 0) is 25.0 Å². The average molecular weight is 285 g/mol. The topological polar surface area (TPSA) is 62.3 Å². The molecule has 0 saturated carbocycles. The molecule has 1 aromatic rings. The first-order valence-corrected chi connectivity index (χ1v) is 7.88. The van der Waals surface area contributed by atoms with Crippen LogP contribution < -0.4 is 5.32 Å². The average Bonchev–Trinajstić information content (AvgIpc) is 2.38. The zero-order chi connectivity index (χ0) is 14.6. The van der Waals surface area contributed by atoms with Crippen LogP contribution in [0.2, 0.25) is 0 Å². The molecule has 0 radical (unpaired) electrons. The van der Waals surface area contributed by atoms with Gasteiger partial charge in [0.25, 0.3) is 0 Å². The molecule has 0 aliphatic heterocycles. The summed E-state index contributed by atoms with van der Waals surface area (Å²) in [5.41, 5.74) is 0. The summed E-state index contributed by atoms with van der Waals surface area (Å²) in [7, 11) is -0.387. The highest BCUT2D eigenvalue weighted by atomic mass is 32.2. The first kappa shape index (κ1) is 15.9. The van der Waals surface area contributed by atoms with Crippen molar-refractivity contribution in [2.24, 2.45) is 5.92 Å². The number of rotatable bonds is 6. The molecule has 2 atom stereocenters. The van der Waals surface area contributed by atoms with E-state index < -0.39 is 10.0 Å². The van der Waals surface area contributed by atoms with Crippen LogP contribution in [0, 0.1) is 5.92 Å². The summed E-state index contributed by atoms with van der Waals surface area (Å²) in [6.07, 6.45) is 2.47. The Labute approximate surface area is 116 Å². The third kappa shape index (κ3) is 3.91. The lowest BCUT2D eigenvalue weighted by atomic mass is 10.0. The van der Waals surface area contributed by atoms with Crippen LogP contribution >= 0.6 is 0 Å². The van der Waals surface area contributed by atoms with Crippen molar-refractivity contribution in [1.29, 1.82) is 0 Å². The molecule has 0 fully saturated rings. The summed E-state index contributed by atoms with van der Waals surface area (Å²) in [5, 5.41) is 3.28. The lowest BCUT2D eigenvalue weighted by Gasteiger charge is -2.20. The molecule has 19 heavy (non-hydrogen) atoms. The first-order chi connectivity index (χ1) is 8.78. The standard InChI is InChI=1S/C13H23N3O2S/c1-6-10(2)11(3)15-13-8-7-12(9-14-13)19(17,18)16(4)5/h7-11H,6H2,1-5H3,(H,14,15). The van der Waals surface area contributed by atoms with Crippen LogP contribution in [-0.4, -0.2) is 37.8 Å². The van der Waals surface area contributed by atoms with Gasteiger partial charge in [-0.15, -0.1) is 0 Å². The minimum Gasteiger partial charge on any atom is -0.367 e. The molecule has 0 saturated heterocycles. The number of sulfonamides is 1. The van der Waals surface area contributed by atoms with Gasteiger partial charge >= 0.3 is 0 Å². The minimum absolute atomic E-state index is 0.208. The summed E-state index contributed by atoms with van der Waals surface area (Å²) >= 11 is 0. The fraction of sp³-hybridized carbons (Fsp3) is 0.615. The lowest BCUT2D eigenvalue weighted by Crippen LogP contribution is -2.24. The smallest absolute Gasteiger partial charge is 0.244 e. The van der Waals surface area contributed by atoms with Crippen molar-refractivity contribution < 1.29 is 8.42 Å². The SMILES string of the molecule is CCC(C)C(C)Nc1ccc(S(=O)(=O)N(C)C)cn1. The molecule has 1 rings (SSSR count). The highest BCUT2D eigenvalue weighted by molar-refractivity contribution is 7.89. The van der Waals surface area contributed by atoms with Gasteiger partial charge in [0.2, 0.25) is 10.0 Å². The largest absolute Gasteiger partial charge is 0.367 e. The molecule has 0 aliphatic carbocycles. The molecule has 6 heteroatoms. The molecule has 108 valence electrons. The van der Waals surface area contributed by atoms with Crippen molar-refractivity contribution in [3.63, 3.8) is 0 Å². The second-order valence-corrected chi connectivity index (χ2v) is 7.14. The van der Waals surface area contributed by atoms with Crippen molar-refractivity contribution in [3.05, 3.63) is 18.3 Å². The molecule has 2 unspecified atom stereocenters. The molecular weight excluding hydrogens is 262 g/mol. The van der Waals surface area contributed by atoms with Crippen molar-refractivity contribution >= 4 is 15.8 Å². The second kappa shape index (κ2) is 6.34. The first-order valence-electron chi connectivity index (χ1n) is 6.44. The third-order valence-electron chi connectivity index (χ3n) is 3.39. The number of nitrogens with one attached hydrogen (secondary N) is 1. The van der Waals surface area contributed by atoms with Crippen LogP contribution in [0.1, 0.15) is 27.2 Å². The number of nitrogens with zero attached hydrogens (tertiary/aromatic N) is 2. The molecule has 1 N–H and O–H groups in total. The molecule has 5 nitrogen and oxygen atoms in total. The maximum atomic E-state index is 11.9. The second-order valence-electron chi connectivity index (χ2n) is 4.99. The van der Waals surface area contributed by atoms with Gasteiger partial charge in [0.1, 0.15) is 10.7 Å². The van der Waals surface area contributed by atoms with Gasteiger partial charge in [-0.3, -0.25) is 0 Å². The number of pyridine rings is 1. The van der Waals surface area contributed by atoms with Crippen LogP contribution in [-0.2, 0) is 10.0 Å². The number of hydrogen-bond acceptors (Lipinski definition) is 4. The van der Waals surface area contributed by atoms with E-state index in [1.54, 1.807) is 12.1 Å². The van der Waals surface area contributed by atoms with Gasteiger partial charge < -0.3 is 5.32 Å². The third-order valence-corrected chi connectivity index (χ3v) is 5.19. The Morgan fingerprint density at radius 3 is 2.37 bits per heavy atom. The van der Waals surface area contributed by atoms with Crippen molar-refractivity contribution in [2.75, 3.05) is 19.4 Å². The zero-order valence-corrected chi connectivity index (χ0v) is 13.0. The van der Waals surface area contributed by atoms with E-state index in [1.807, 2.05) is 0 Å². The van der Waals surface area contributed by atoms with Gasteiger partial charge in [0, 0.05) is 26.3 Å². The highest BCUT2D eigenvalue weighted by Gasteiger charge is 2.17. The summed E-state index contributed by atoms with van der Waals surface area (Å²) in [5.74, 6) is 1.23. The molecule has 1 aromatic heterocycles. The number of hydrogen-bond donors (Lipinski definition) is 1. The minimum atomic E-state index is -3.40. The quantitative estimate of drug-likeness (QED) is 0.870. The monoisotopic (exact) mass is 285 g/mol. The zero-order valence-electron chi connectivity index (χ0n) is 12.2. The summed E-state index contributed by atoms with van der Waals surface area (Å²) in [6.45, 7) is 6.41. The van der Waals surface area contributed by atoms with E-state index in [4.69, 9.17) is 0 Å². The summed E-state index contributed by atoms with van der Waals surface area (Å²) < 4.78 is 25.0. The fourth-order valence-electron chi connectivity index (χ4n) is 1.56. The van der Waals surface area contributed by atoms with E-state index in [2.05, 4.69) is 31.1 Å². The fourth-order valence-corrected chi connectivity index (χ4v) is 2.41. The molecular formula is C13H23N3O2S. The van der Waals surface area contributed by atoms with E-state index in [9.17, 15) is 8.42 Å². The van der Waals surface area contributed by atoms with Crippen molar-refractivity contribution in [2.45, 2.75) is 38.1 Å². The molecule has 0 spiro atoms. The van der Waals surface area contributed by atoms with Gasteiger partial charge in [0.05, 0.1) is 0 Å². The Hall–Kier alpha value is -1.14. The van der Waals surface area contributed by atoms with Crippen LogP contribution in [0.5, 0.6) is 0 Å². The Bertz CT molecular complexity index is 497. The van der Waals surface area contributed by atoms with E-state index in [-0.39, 0.29) is 4.90 Å². The van der Waals surface area contributed by atoms with Crippen LogP contribution in [0.4, 0.5) is 5.82 Å². The van der Waals surface area contributed by atoms with Gasteiger partial charge in [0.15, 0.2) is 0 Å². The van der Waals surface area contributed by atoms with Crippen molar-refractivity contribution in [1.82, 2.24) is 9.29 Å². The van der Waals surface area contributed by atoms with Crippen LogP contribution in [0.3, 0.4) is 0 Å². The Balaban J connectivity index is 2.83. The lowest BCUT2D eigenvalue weighted by molar-refractivity contribution is 0.493. The van der Waals surface area contributed by atoms with E-state index in [0.717, 1.165) is 6.42 Å². The Kier molecular flexibility index (Phi) is 5.31. The maximum Gasteiger partial charge on any atom is 0.244 e. The van der Waals surface area contributed by atoms with E-state index >= 15 is 0 Å². The van der Waals surface area contributed by atoms with Crippen LogP contribution in [0.15, 0.2) is 23.2 Å². The molecule has 0 aliphatic rings. The summed E-state index contributed by atoms with van der Waals surface area (Å²) in [6, 6.07) is 3.58. The molecule has 0 bridgehead atoms. The molecule has 0 amide bonds. The van der Waals surface area contributed by atoms with Gasteiger partial charge in [-0.25, -0.2) is 17.7 Å². The number of anilines is 1. The maximum absolute atomic E-state index is 11.9. The Morgan fingerprint density at radius 2 is 1.95 bits per heavy atom. The van der Waals surface area contributed by atoms with E-state index in [1.165, 1.54) is 24.6 Å². The highest BCUT2D eigenvalue weighted by Crippen LogP contribution is 2.16. The van der Waals surface area contributed by atoms with Crippen LogP contribution in [0.25, 0.3) is 0 Å². The van der Waals surface area contributed by atoms with E-state index in [0.29, 0.717) is 17.8 Å². The predicted molar refractivity (Wildman–Crippen MR) is 77.6 cm³/mol. The molecule has 0 aromatic carbocycles. The Morgan fingerprint density at radius 1 is 1.32 bits per heavy atom. The van der Waals surface area contributed by atoms with Gasteiger partial charge in [-0.1, -0.05) is 20.3 Å². The van der Waals surface area contributed by atoms with Gasteiger partial charge in [-0.2, -0.15) is 0 Å². The summed E-state index contributed by atoms with van der Waals surface area (Å²) in [4.78, 5) is 4.37. The number of aromatic nitrogens is 1.